The van der Waals surface area contributed by atoms with Crippen LogP contribution in [0.1, 0.15) is 28.8 Å². The van der Waals surface area contributed by atoms with E-state index in [-0.39, 0.29) is 30.4 Å². The number of ether oxygens (including phenoxy) is 1. The molecular weight excluding hydrogens is 397 g/mol. The van der Waals surface area contributed by atoms with Crippen molar-refractivity contribution in [3.63, 3.8) is 0 Å². The number of hydrogen-bond acceptors (Lipinski definition) is 3. The Bertz CT molecular complexity index is 871. The lowest BCUT2D eigenvalue weighted by atomic mass is 10.1. The smallest absolute Gasteiger partial charge is 0.406 e. The fourth-order valence-corrected chi connectivity index (χ4v) is 3.47. The van der Waals surface area contributed by atoms with Crippen LogP contribution in [0.3, 0.4) is 0 Å². The van der Waals surface area contributed by atoms with E-state index >= 15 is 0 Å². The number of nitrogens with zero attached hydrogens (tertiary/aromatic N) is 2. The van der Waals surface area contributed by atoms with Gasteiger partial charge in [-0.3, -0.25) is 9.59 Å². The van der Waals surface area contributed by atoms with Gasteiger partial charge in [0.1, 0.15) is 5.75 Å². The van der Waals surface area contributed by atoms with Crippen molar-refractivity contribution < 1.29 is 27.5 Å². The Hall–Kier alpha value is -3.03. The van der Waals surface area contributed by atoms with Crippen LogP contribution in [0.5, 0.6) is 5.75 Å². The van der Waals surface area contributed by atoms with Crippen LogP contribution in [0.2, 0.25) is 0 Å². The van der Waals surface area contributed by atoms with Crippen molar-refractivity contribution in [3.8, 4) is 5.75 Å². The molecule has 2 aromatic rings. The number of rotatable bonds is 5. The monoisotopic (exact) mass is 420 g/mol. The van der Waals surface area contributed by atoms with E-state index in [1.807, 2.05) is 6.07 Å². The van der Waals surface area contributed by atoms with Crippen molar-refractivity contribution in [2.24, 2.45) is 0 Å². The van der Waals surface area contributed by atoms with Gasteiger partial charge < -0.3 is 14.5 Å². The van der Waals surface area contributed by atoms with Gasteiger partial charge in [-0.15, -0.1) is 13.2 Å². The molecule has 2 amide bonds. The summed E-state index contributed by atoms with van der Waals surface area (Å²) in [5, 5.41) is 0. The lowest BCUT2D eigenvalue weighted by Crippen LogP contribution is -2.37. The molecule has 1 fully saturated rings. The van der Waals surface area contributed by atoms with Crippen molar-refractivity contribution in [2.45, 2.75) is 25.6 Å². The Balaban J connectivity index is 1.55. The quantitative estimate of drug-likeness (QED) is 0.738. The molecule has 30 heavy (non-hydrogen) atoms. The van der Waals surface area contributed by atoms with E-state index in [1.165, 1.54) is 18.2 Å². The zero-order valence-corrected chi connectivity index (χ0v) is 16.4. The number of aryl methyl sites for hydroxylation is 1. The molecule has 0 bridgehead atoms. The van der Waals surface area contributed by atoms with Gasteiger partial charge in [-0.25, -0.2) is 0 Å². The van der Waals surface area contributed by atoms with E-state index in [0.29, 0.717) is 43.7 Å². The lowest BCUT2D eigenvalue weighted by Gasteiger charge is -2.22. The van der Waals surface area contributed by atoms with Crippen LogP contribution >= 0.6 is 0 Å². The third-order valence-electron chi connectivity index (χ3n) is 4.96. The van der Waals surface area contributed by atoms with Crippen LogP contribution in [-0.4, -0.2) is 54.2 Å². The Morgan fingerprint density at radius 2 is 1.50 bits per heavy atom. The van der Waals surface area contributed by atoms with Crippen molar-refractivity contribution >= 4 is 11.8 Å². The van der Waals surface area contributed by atoms with E-state index < -0.39 is 6.36 Å². The number of hydrogen-bond donors (Lipinski definition) is 0. The first-order valence-corrected chi connectivity index (χ1v) is 9.79. The predicted molar refractivity (Wildman–Crippen MR) is 105 cm³/mol. The summed E-state index contributed by atoms with van der Waals surface area (Å²) < 4.78 is 41.7. The average molecular weight is 420 g/mol. The number of halogens is 3. The third kappa shape index (κ3) is 5.98. The van der Waals surface area contributed by atoms with Gasteiger partial charge in [0.2, 0.25) is 5.91 Å². The Labute approximate surface area is 173 Å². The molecule has 0 spiro atoms. The summed E-state index contributed by atoms with van der Waals surface area (Å²) in [6, 6.07) is 14.8. The van der Waals surface area contributed by atoms with E-state index in [4.69, 9.17) is 0 Å². The molecule has 0 saturated carbocycles. The predicted octanol–water partition coefficient (Wildman–Crippen LogP) is 3.89. The normalized spacial score (nSPS) is 14.9. The fraction of sp³-hybridized carbons (Fsp3) is 0.364. The lowest BCUT2D eigenvalue weighted by molar-refractivity contribution is -0.274. The van der Waals surface area contributed by atoms with Crippen LogP contribution in [-0.2, 0) is 11.2 Å². The minimum Gasteiger partial charge on any atom is -0.406 e. The van der Waals surface area contributed by atoms with Gasteiger partial charge in [0, 0.05) is 38.2 Å². The molecule has 1 aliphatic heterocycles. The fourth-order valence-electron chi connectivity index (χ4n) is 3.47. The second kappa shape index (κ2) is 9.65. The van der Waals surface area contributed by atoms with E-state index in [0.717, 1.165) is 0 Å². The van der Waals surface area contributed by atoms with Gasteiger partial charge in [0.15, 0.2) is 0 Å². The van der Waals surface area contributed by atoms with Gasteiger partial charge in [-0.05, 0) is 36.6 Å². The number of amides is 2. The molecule has 8 heteroatoms. The maximum atomic E-state index is 12.6. The molecule has 0 radical (unpaired) electrons. The van der Waals surface area contributed by atoms with Gasteiger partial charge in [0.25, 0.3) is 5.91 Å². The maximum Gasteiger partial charge on any atom is 0.573 e. The van der Waals surface area contributed by atoms with Crippen molar-refractivity contribution in [2.75, 3.05) is 26.2 Å². The molecule has 0 atom stereocenters. The first-order chi connectivity index (χ1) is 14.3. The van der Waals surface area contributed by atoms with E-state index in [9.17, 15) is 22.8 Å². The summed E-state index contributed by atoms with van der Waals surface area (Å²) in [6.07, 6.45) is -3.91. The molecule has 0 unspecified atom stereocenters. The Morgan fingerprint density at radius 3 is 2.23 bits per heavy atom. The molecule has 0 N–H and O–H groups in total. The third-order valence-corrected chi connectivity index (χ3v) is 4.96. The highest BCUT2D eigenvalue weighted by Crippen LogP contribution is 2.27. The summed E-state index contributed by atoms with van der Waals surface area (Å²) >= 11 is 0. The second-order valence-electron chi connectivity index (χ2n) is 7.05. The molecule has 2 aromatic carbocycles. The van der Waals surface area contributed by atoms with Gasteiger partial charge in [0.05, 0.1) is 0 Å². The van der Waals surface area contributed by atoms with Gasteiger partial charge in [-0.2, -0.15) is 0 Å². The second-order valence-corrected chi connectivity index (χ2v) is 7.05. The zero-order valence-electron chi connectivity index (χ0n) is 16.4. The average Bonchev–Trinajstić information content (AvgIpc) is 2.98. The van der Waals surface area contributed by atoms with Crippen molar-refractivity contribution in [3.05, 3.63) is 65.7 Å². The highest BCUT2D eigenvalue weighted by atomic mass is 19.4. The van der Waals surface area contributed by atoms with Crippen LogP contribution in [0.25, 0.3) is 0 Å². The van der Waals surface area contributed by atoms with Gasteiger partial charge in [-0.1, -0.05) is 36.4 Å². The summed E-state index contributed by atoms with van der Waals surface area (Å²) in [7, 11) is 0. The number of benzene rings is 2. The maximum absolute atomic E-state index is 12.6. The molecular formula is C22H23F3N2O3. The van der Waals surface area contributed by atoms with Crippen LogP contribution in [0, 0.1) is 0 Å². The van der Waals surface area contributed by atoms with Crippen LogP contribution in [0.15, 0.2) is 54.6 Å². The summed E-state index contributed by atoms with van der Waals surface area (Å²) in [6.45, 7) is 1.89. The number of alkyl halides is 3. The Morgan fingerprint density at radius 1 is 0.867 bits per heavy atom. The summed E-state index contributed by atoms with van der Waals surface area (Å²) in [4.78, 5) is 28.6. The largest absolute Gasteiger partial charge is 0.573 e. The SMILES string of the molecule is O=C(CCc1ccccc1OC(F)(F)F)N1CCCN(C(=O)c2ccccc2)CC1. The number of para-hydroxylation sites is 1. The van der Waals surface area contributed by atoms with Crippen LogP contribution in [0.4, 0.5) is 13.2 Å². The number of carbonyl (C=O) groups is 2. The van der Waals surface area contributed by atoms with Gasteiger partial charge >= 0.3 is 6.36 Å². The molecule has 3 rings (SSSR count). The molecule has 160 valence electrons. The highest BCUT2D eigenvalue weighted by molar-refractivity contribution is 5.94. The van der Waals surface area contributed by atoms with Crippen molar-refractivity contribution in [1.29, 1.82) is 0 Å². The molecule has 0 aromatic heterocycles. The molecule has 1 heterocycles. The minimum absolute atomic E-state index is 0.0666. The number of carbonyl (C=O) groups excluding carboxylic acids is 2. The van der Waals surface area contributed by atoms with E-state index in [1.54, 1.807) is 40.1 Å². The zero-order chi connectivity index (χ0) is 21.6. The first-order valence-electron chi connectivity index (χ1n) is 9.79. The minimum atomic E-state index is -4.78. The molecule has 5 nitrogen and oxygen atoms in total. The van der Waals surface area contributed by atoms with Crippen LogP contribution < -0.4 is 4.74 Å². The summed E-state index contributed by atoms with van der Waals surface area (Å²) in [5.74, 6) is -0.498. The standard InChI is InChI=1S/C22H23F3N2O3/c23-22(24,25)30-19-10-5-4-7-17(19)11-12-20(28)26-13-6-14-27(16-15-26)21(29)18-8-2-1-3-9-18/h1-5,7-10H,6,11-16H2. The topological polar surface area (TPSA) is 49.9 Å². The summed E-state index contributed by atoms with van der Waals surface area (Å²) in [5.41, 5.74) is 0.942. The van der Waals surface area contributed by atoms with E-state index in [2.05, 4.69) is 4.74 Å². The molecule has 0 aliphatic carbocycles. The Kier molecular flexibility index (Phi) is 6.97. The molecule has 1 aliphatic rings. The van der Waals surface area contributed by atoms with Crippen molar-refractivity contribution in [1.82, 2.24) is 9.80 Å². The molecule has 1 saturated heterocycles. The highest BCUT2D eigenvalue weighted by Gasteiger charge is 2.32. The first kappa shape index (κ1) is 21.7.